The van der Waals surface area contributed by atoms with Crippen LogP contribution in [0.1, 0.15) is 22.3 Å². The van der Waals surface area contributed by atoms with E-state index in [0.29, 0.717) is 33.6 Å². The lowest BCUT2D eigenvalue weighted by atomic mass is 10.1. The number of halogens is 3. The van der Waals surface area contributed by atoms with Crippen molar-refractivity contribution < 1.29 is 4.79 Å². The molecule has 1 amide bonds. The Balaban J connectivity index is 1.51. The molecule has 5 nitrogen and oxygen atoms in total. The molecule has 1 saturated heterocycles. The zero-order valence-corrected chi connectivity index (χ0v) is 21.0. The van der Waals surface area contributed by atoms with E-state index in [2.05, 4.69) is 20.9 Å². The summed E-state index contributed by atoms with van der Waals surface area (Å²) in [7, 11) is 0. The minimum absolute atomic E-state index is 0.136. The number of anilines is 3. The maximum Gasteiger partial charge on any atom is 0.251 e. The summed E-state index contributed by atoms with van der Waals surface area (Å²) in [6.45, 7) is 4.25. The van der Waals surface area contributed by atoms with Gasteiger partial charge < -0.3 is 20.9 Å². The molecule has 8 heteroatoms. The number of carbonyl (C=O) groups is 1. The van der Waals surface area contributed by atoms with E-state index >= 15 is 0 Å². The SMILES string of the molecule is O=C(NCCc1ccc(Cl)cc1Cl)c1ccc(N2CCCNCC2)c(Nc2cccc(Cl)c2)c1. The standard InChI is InChI=1S/C26H27Cl3N4O/c27-20-3-1-4-22(16-20)32-24-15-19(6-8-25(24)33-13-2-10-30-12-14-33)26(34)31-11-9-18-5-7-21(28)17-23(18)29/h1,3-8,15-17,30,32H,2,9-14H2,(H,31,34). The van der Waals surface area contributed by atoms with Crippen molar-refractivity contribution in [3.63, 3.8) is 0 Å². The van der Waals surface area contributed by atoms with Crippen molar-refractivity contribution in [3.8, 4) is 0 Å². The van der Waals surface area contributed by atoms with Gasteiger partial charge >= 0.3 is 0 Å². The van der Waals surface area contributed by atoms with Crippen LogP contribution in [0.5, 0.6) is 0 Å². The van der Waals surface area contributed by atoms with Crippen LogP contribution < -0.4 is 20.9 Å². The molecule has 3 aromatic rings. The van der Waals surface area contributed by atoms with Crippen molar-refractivity contribution in [3.05, 3.63) is 86.9 Å². The number of hydrogen-bond acceptors (Lipinski definition) is 4. The minimum atomic E-state index is -0.136. The Bertz CT molecular complexity index is 1150. The molecule has 0 atom stereocenters. The lowest BCUT2D eigenvalue weighted by molar-refractivity contribution is 0.0954. The van der Waals surface area contributed by atoms with Crippen molar-refractivity contribution in [2.45, 2.75) is 12.8 Å². The van der Waals surface area contributed by atoms with Crippen LogP contribution in [0.2, 0.25) is 15.1 Å². The molecule has 1 aliphatic rings. The highest BCUT2D eigenvalue weighted by Crippen LogP contribution is 2.31. The summed E-state index contributed by atoms with van der Waals surface area (Å²) in [5.41, 5.74) is 4.34. The van der Waals surface area contributed by atoms with E-state index in [0.717, 1.165) is 55.2 Å². The van der Waals surface area contributed by atoms with Crippen LogP contribution in [0.25, 0.3) is 0 Å². The Morgan fingerprint density at radius 2 is 1.79 bits per heavy atom. The second-order valence-corrected chi connectivity index (χ2v) is 9.48. The molecule has 0 aliphatic carbocycles. The van der Waals surface area contributed by atoms with Crippen LogP contribution in [0.4, 0.5) is 17.1 Å². The number of amides is 1. The van der Waals surface area contributed by atoms with Crippen LogP contribution in [-0.4, -0.2) is 38.6 Å². The molecule has 1 heterocycles. The topological polar surface area (TPSA) is 56.4 Å². The van der Waals surface area contributed by atoms with Gasteiger partial charge in [-0.1, -0.05) is 46.9 Å². The third-order valence-corrected chi connectivity index (χ3v) is 6.56. The molecule has 0 unspecified atom stereocenters. The summed E-state index contributed by atoms with van der Waals surface area (Å²) >= 11 is 18.4. The summed E-state index contributed by atoms with van der Waals surface area (Å²) in [6.07, 6.45) is 1.68. The molecule has 0 saturated carbocycles. The Morgan fingerprint density at radius 1 is 0.941 bits per heavy atom. The summed E-state index contributed by atoms with van der Waals surface area (Å²) in [4.78, 5) is 15.3. The van der Waals surface area contributed by atoms with Crippen molar-refractivity contribution in [2.24, 2.45) is 0 Å². The zero-order chi connectivity index (χ0) is 23.9. The molecule has 1 aliphatic heterocycles. The fraction of sp³-hybridized carbons (Fsp3) is 0.269. The second-order valence-electron chi connectivity index (χ2n) is 8.20. The normalized spacial score (nSPS) is 13.9. The van der Waals surface area contributed by atoms with Gasteiger partial charge in [0.05, 0.1) is 11.4 Å². The van der Waals surface area contributed by atoms with Crippen LogP contribution in [0.3, 0.4) is 0 Å². The minimum Gasteiger partial charge on any atom is -0.369 e. The lowest BCUT2D eigenvalue weighted by Crippen LogP contribution is -2.29. The predicted octanol–water partition coefficient (Wildman–Crippen LogP) is 6.16. The van der Waals surface area contributed by atoms with Crippen LogP contribution in [0.15, 0.2) is 60.7 Å². The largest absolute Gasteiger partial charge is 0.369 e. The van der Waals surface area contributed by atoms with Gasteiger partial charge in [-0.3, -0.25) is 4.79 Å². The quantitative estimate of drug-likeness (QED) is 0.351. The number of nitrogens with one attached hydrogen (secondary N) is 3. The fourth-order valence-corrected chi connectivity index (χ4v) is 4.69. The Morgan fingerprint density at radius 3 is 2.62 bits per heavy atom. The van der Waals surface area contributed by atoms with Gasteiger partial charge in [0.25, 0.3) is 5.91 Å². The smallest absolute Gasteiger partial charge is 0.251 e. The summed E-state index contributed by atoms with van der Waals surface area (Å²) in [5, 5.41) is 11.7. The van der Waals surface area contributed by atoms with Gasteiger partial charge in [-0.05, 0) is 73.5 Å². The lowest BCUT2D eigenvalue weighted by Gasteiger charge is -2.26. The Kier molecular flexibility index (Phi) is 8.57. The van der Waals surface area contributed by atoms with Crippen molar-refractivity contribution >= 4 is 57.8 Å². The average Bonchev–Trinajstić information content (AvgIpc) is 3.10. The molecule has 0 aromatic heterocycles. The van der Waals surface area contributed by atoms with E-state index in [4.69, 9.17) is 34.8 Å². The molecule has 1 fully saturated rings. The summed E-state index contributed by atoms with van der Waals surface area (Å²) in [6, 6.07) is 18.8. The summed E-state index contributed by atoms with van der Waals surface area (Å²) < 4.78 is 0. The van der Waals surface area contributed by atoms with E-state index in [-0.39, 0.29) is 5.91 Å². The molecule has 3 N–H and O–H groups in total. The van der Waals surface area contributed by atoms with Crippen LogP contribution in [0, 0.1) is 0 Å². The number of rotatable bonds is 7. The number of hydrogen-bond donors (Lipinski definition) is 3. The predicted molar refractivity (Wildman–Crippen MR) is 143 cm³/mol. The molecule has 3 aromatic carbocycles. The number of nitrogens with zero attached hydrogens (tertiary/aromatic N) is 1. The molecule has 34 heavy (non-hydrogen) atoms. The van der Waals surface area contributed by atoms with Crippen LogP contribution >= 0.6 is 34.8 Å². The van der Waals surface area contributed by atoms with Gasteiger partial charge in [0.1, 0.15) is 0 Å². The van der Waals surface area contributed by atoms with Crippen molar-refractivity contribution in [1.29, 1.82) is 0 Å². The first-order valence-electron chi connectivity index (χ1n) is 11.3. The van der Waals surface area contributed by atoms with E-state index in [1.165, 1.54) is 0 Å². The molecule has 0 bridgehead atoms. The van der Waals surface area contributed by atoms with E-state index < -0.39 is 0 Å². The second kappa shape index (κ2) is 11.8. The Hall–Kier alpha value is -2.44. The van der Waals surface area contributed by atoms with Gasteiger partial charge in [0, 0.05) is 52.5 Å². The first-order valence-corrected chi connectivity index (χ1v) is 12.5. The molecule has 4 rings (SSSR count). The van der Waals surface area contributed by atoms with Gasteiger partial charge in [0.2, 0.25) is 0 Å². The van der Waals surface area contributed by atoms with Crippen LogP contribution in [-0.2, 0) is 6.42 Å². The summed E-state index contributed by atoms with van der Waals surface area (Å²) in [5.74, 6) is -0.136. The van der Waals surface area contributed by atoms with E-state index in [1.807, 2.05) is 48.5 Å². The van der Waals surface area contributed by atoms with E-state index in [9.17, 15) is 4.79 Å². The van der Waals surface area contributed by atoms with Crippen molar-refractivity contribution in [2.75, 3.05) is 42.9 Å². The molecular weight excluding hydrogens is 491 g/mol. The highest BCUT2D eigenvalue weighted by atomic mass is 35.5. The first-order chi connectivity index (χ1) is 16.5. The molecule has 0 radical (unpaired) electrons. The van der Waals surface area contributed by atoms with Gasteiger partial charge in [0.15, 0.2) is 0 Å². The molecule has 178 valence electrons. The van der Waals surface area contributed by atoms with Gasteiger partial charge in [-0.15, -0.1) is 0 Å². The van der Waals surface area contributed by atoms with E-state index in [1.54, 1.807) is 12.1 Å². The average molecular weight is 518 g/mol. The number of carbonyl (C=O) groups excluding carboxylic acids is 1. The third-order valence-electron chi connectivity index (χ3n) is 5.74. The van der Waals surface area contributed by atoms with Crippen molar-refractivity contribution in [1.82, 2.24) is 10.6 Å². The molecule has 0 spiro atoms. The van der Waals surface area contributed by atoms with Gasteiger partial charge in [-0.25, -0.2) is 0 Å². The fourth-order valence-electron chi connectivity index (χ4n) is 4.00. The zero-order valence-electron chi connectivity index (χ0n) is 18.7. The first kappa shape index (κ1) is 24.7. The van der Waals surface area contributed by atoms with Gasteiger partial charge in [-0.2, -0.15) is 0 Å². The number of benzene rings is 3. The highest BCUT2D eigenvalue weighted by Gasteiger charge is 2.16. The Labute approximate surface area is 215 Å². The monoisotopic (exact) mass is 516 g/mol. The third kappa shape index (κ3) is 6.57. The maximum absolute atomic E-state index is 12.9. The molecular formula is C26H27Cl3N4O. The maximum atomic E-state index is 12.9. The highest BCUT2D eigenvalue weighted by molar-refractivity contribution is 6.35.